The number of aliphatic hydroxyl groups excluding tert-OH is 1. The van der Waals surface area contributed by atoms with Crippen molar-refractivity contribution in [3.05, 3.63) is 35.4 Å². The summed E-state index contributed by atoms with van der Waals surface area (Å²) in [6.07, 6.45) is 1.19. The summed E-state index contributed by atoms with van der Waals surface area (Å²) in [5, 5.41) is 9.69. The fourth-order valence-electron chi connectivity index (χ4n) is 1.63. The summed E-state index contributed by atoms with van der Waals surface area (Å²) in [5.41, 5.74) is 1.60. The first-order valence-electron chi connectivity index (χ1n) is 4.98. The van der Waals surface area contributed by atoms with Crippen molar-refractivity contribution in [2.45, 2.75) is 25.9 Å². The van der Waals surface area contributed by atoms with Crippen LogP contribution in [-0.4, -0.2) is 17.0 Å². The lowest BCUT2D eigenvalue weighted by Crippen LogP contribution is -2.23. The van der Waals surface area contributed by atoms with Gasteiger partial charge in [-0.1, -0.05) is 24.3 Å². The van der Waals surface area contributed by atoms with Crippen molar-refractivity contribution >= 4 is 5.78 Å². The summed E-state index contributed by atoms with van der Waals surface area (Å²) in [5.74, 6) is 0.0905. The Labute approximate surface area is 83.6 Å². The smallest absolute Gasteiger partial charge is 0.191 e. The van der Waals surface area contributed by atoms with Gasteiger partial charge in [-0.3, -0.25) is 4.79 Å². The summed E-state index contributed by atoms with van der Waals surface area (Å²) < 4.78 is 0. The third-order valence-corrected chi connectivity index (χ3v) is 2.75. The molecule has 0 amide bonds. The first-order chi connectivity index (χ1) is 6.70. The summed E-state index contributed by atoms with van der Waals surface area (Å²) in [6.45, 7) is 1.90. The molecule has 0 bridgehead atoms. The van der Waals surface area contributed by atoms with Crippen molar-refractivity contribution in [2.75, 3.05) is 0 Å². The van der Waals surface area contributed by atoms with E-state index in [1.54, 1.807) is 6.07 Å². The van der Waals surface area contributed by atoms with Gasteiger partial charge in [0.15, 0.2) is 5.78 Å². The van der Waals surface area contributed by atoms with Gasteiger partial charge >= 0.3 is 0 Å². The van der Waals surface area contributed by atoms with Gasteiger partial charge in [0.2, 0.25) is 0 Å². The standard InChI is InChI=1S/C12H14O2/c1-8-4-2-3-5-10(8)12(14)11(13)9-6-7-9/h2-5,9,11,13H,6-7H2,1H3. The summed E-state index contributed by atoms with van der Waals surface area (Å²) in [4.78, 5) is 11.8. The Hall–Kier alpha value is -1.15. The van der Waals surface area contributed by atoms with Crippen molar-refractivity contribution in [2.24, 2.45) is 5.92 Å². The minimum absolute atomic E-state index is 0.120. The van der Waals surface area contributed by atoms with E-state index in [2.05, 4.69) is 0 Å². The van der Waals surface area contributed by atoms with E-state index in [4.69, 9.17) is 0 Å². The highest BCUT2D eigenvalue weighted by Crippen LogP contribution is 2.34. The van der Waals surface area contributed by atoms with Gasteiger partial charge in [0.1, 0.15) is 6.10 Å². The molecular formula is C12H14O2. The topological polar surface area (TPSA) is 37.3 Å². The summed E-state index contributed by atoms with van der Waals surface area (Å²) in [7, 11) is 0. The normalized spacial score (nSPS) is 17.9. The maximum Gasteiger partial charge on any atom is 0.191 e. The molecule has 2 nitrogen and oxygen atoms in total. The minimum Gasteiger partial charge on any atom is -0.385 e. The second-order valence-electron chi connectivity index (χ2n) is 3.96. The van der Waals surface area contributed by atoms with Crippen molar-refractivity contribution in [3.8, 4) is 0 Å². The number of carbonyl (C=O) groups is 1. The maximum atomic E-state index is 11.8. The minimum atomic E-state index is -0.781. The molecule has 74 valence electrons. The molecule has 0 spiro atoms. The average molecular weight is 190 g/mol. The molecule has 1 saturated carbocycles. The zero-order valence-electron chi connectivity index (χ0n) is 8.23. The Kier molecular flexibility index (Phi) is 2.38. The number of ketones is 1. The van der Waals surface area contributed by atoms with Crippen LogP contribution in [-0.2, 0) is 0 Å². The quantitative estimate of drug-likeness (QED) is 0.740. The zero-order chi connectivity index (χ0) is 10.1. The first kappa shape index (κ1) is 9.41. The van der Waals surface area contributed by atoms with Crippen LogP contribution in [0.1, 0.15) is 28.8 Å². The number of aryl methyl sites for hydroxylation is 1. The van der Waals surface area contributed by atoms with Gasteiger partial charge in [-0.15, -0.1) is 0 Å². The van der Waals surface area contributed by atoms with E-state index >= 15 is 0 Å². The van der Waals surface area contributed by atoms with Crippen molar-refractivity contribution in [1.82, 2.24) is 0 Å². The first-order valence-corrected chi connectivity index (χ1v) is 4.98. The van der Waals surface area contributed by atoms with Gasteiger partial charge < -0.3 is 5.11 Å². The Morgan fingerprint density at radius 2 is 2.07 bits per heavy atom. The predicted octanol–water partition coefficient (Wildman–Crippen LogP) is 1.95. The van der Waals surface area contributed by atoms with Gasteiger partial charge in [-0.25, -0.2) is 0 Å². The molecule has 1 unspecified atom stereocenters. The van der Waals surface area contributed by atoms with Crippen LogP contribution in [0.15, 0.2) is 24.3 Å². The predicted molar refractivity (Wildman–Crippen MR) is 54.2 cm³/mol. The molecule has 0 aromatic heterocycles. The Morgan fingerprint density at radius 1 is 1.43 bits per heavy atom. The molecule has 1 aromatic rings. The largest absolute Gasteiger partial charge is 0.385 e. The monoisotopic (exact) mass is 190 g/mol. The molecular weight excluding hydrogens is 176 g/mol. The third kappa shape index (κ3) is 1.70. The van der Waals surface area contributed by atoms with Crippen molar-refractivity contribution < 1.29 is 9.90 Å². The summed E-state index contributed by atoms with van der Waals surface area (Å²) >= 11 is 0. The molecule has 1 atom stereocenters. The SMILES string of the molecule is Cc1ccccc1C(=O)C(O)C1CC1. The van der Waals surface area contributed by atoms with Gasteiger partial charge in [-0.2, -0.15) is 0 Å². The molecule has 2 rings (SSSR count). The van der Waals surface area contributed by atoms with E-state index in [0.29, 0.717) is 5.56 Å². The molecule has 1 fully saturated rings. The number of benzene rings is 1. The molecule has 1 aromatic carbocycles. The molecule has 1 N–H and O–H groups in total. The third-order valence-electron chi connectivity index (χ3n) is 2.75. The highest BCUT2D eigenvalue weighted by atomic mass is 16.3. The maximum absolute atomic E-state index is 11.8. The van der Waals surface area contributed by atoms with Gasteiger partial charge in [0.25, 0.3) is 0 Å². The van der Waals surface area contributed by atoms with Crippen LogP contribution in [0.2, 0.25) is 0 Å². The molecule has 0 saturated heterocycles. The number of carbonyl (C=O) groups excluding carboxylic acids is 1. The highest BCUT2D eigenvalue weighted by molar-refractivity contribution is 6.00. The van der Waals surface area contributed by atoms with E-state index < -0.39 is 6.10 Å². The fourth-order valence-corrected chi connectivity index (χ4v) is 1.63. The van der Waals surface area contributed by atoms with E-state index in [9.17, 15) is 9.90 Å². The molecule has 0 radical (unpaired) electrons. The van der Waals surface area contributed by atoms with E-state index in [1.807, 2.05) is 25.1 Å². The molecule has 1 aliphatic rings. The van der Waals surface area contributed by atoms with Crippen LogP contribution < -0.4 is 0 Å². The Morgan fingerprint density at radius 3 is 2.64 bits per heavy atom. The molecule has 1 aliphatic carbocycles. The van der Waals surface area contributed by atoms with E-state index in [-0.39, 0.29) is 11.7 Å². The molecule has 0 aliphatic heterocycles. The van der Waals surface area contributed by atoms with Crippen LogP contribution in [0, 0.1) is 12.8 Å². The number of aliphatic hydroxyl groups is 1. The van der Waals surface area contributed by atoms with Crippen molar-refractivity contribution in [1.29, 1.82) is 0 Å². The Balaban J connectivity index is 2.21. The van der Waals surface area contributed by atoms with Gasteiger partial charge in [-0.05, 0) is 31.2 Å². The second kappa shape index (κ2) is 3.54. The highest BCUT2D eigenvalue weighted by Gasteiger charge is 2.35. The van der Waals surface area contributed by atoms with Crippen LogP contribution in [0.25, 0.3) is 0 Å². The second-order valence-corrected chi connectivity index (χ2v) is 3.96. The number of hydrogen-bond donors (Lipinski definition) is 1. The lowest BCUT2D eigenvalue weighted by atomic mass is 9.99. The van der Waals surface area contributed by atoms with Crippen LogP contribution in [0.4, 0.5) is 0 Å². The lowest BCUT2D eigenvalue weighted by Gasteiger charge is -2.09. The van der Waals surface area contributed by atoms with Crippen LogP contribution in [0.5, 0.6) is 0 Å². The molecule has 2 heteroatoms. The average Bonchev–Trinajstić information content (AvgIpc) is 3.00. The van der Waals surface area contributed by atoms with Gasteiger partial charge in [0, 0.05) is 5.56 Å². The van der Waals surface area contributed by atoms with E-state index in [0.717, 1.165) is 18.4 Å². The van der Waals surface area contributed by atoms with Crippen LogP contribution in [0.3, 0.4) is 0 Å². The van der Waals surface area contributed by atoms with Crippen LogP contribution >= 0.6 is 0 Å². The van der Waals surface area contributed by atoms with E-state index in [1.165, 1.54) is 0 Å². The fraction of sp³-hybridized carbons (Fsp3) is 0.417. The summed E-state index contributed by atoms with van der Waals surface area (Å²) in [6, 6.07) is 7.41. The molecule has 0 heterocycles. The number of rotatable bonds is 3. The Bertz CT molecular complexity index is 353. The van der Waals surface area contributed by atoms with Gasteiger partial charge in [0.05, 0.1) is 0 Å². The van der Waals surface area contributed by atoms with Crippen molar-refractivity contribution in [3.63, 3.8) is 0 Å². The zero-order valence-corrected chi connectivity index (χ0v) is 8.23. The number of hydrogen-bond acceptors (Lipinski definition) is 2. The lowest BCUT2D eigenvalue weighted by molar-refractivity contribution is 0.0703. The molecule has 14 heavy (non-hydrogen) atoms. The number of Topliss-reactive ketones (excluding diaryl/α,β-unsaturated/α-hetero) is 1.